The van der Waals surface area contributed by atoms with Crippen LogP contribution >= 0.6 is 0 Å². The van der Waals surface area contributed by atoms with Gasteiger partial charge < -0.3 is 14.6 Å². The number of hydrogen-bond acceptors (Lipinski definition) is 5. The van der Waals surface area contributed by atoms with Gasteiger partial charge >= 0.3 is 5.97 Å². The summed E-state index contributed by atoms with van der Waals surface area (Å²) in [5, 5.41) is 9.32. The molecular formula is C10H11F2NO4. The quantitative estimate of drug-likeness (QED) is 0.815. The second-order valence-corrected chi connectivity index (χ2v) is 3.09. The Labute approximate surface area is 96.0 Å². The Bertz CT molecular complexity index is 423. The highest BCUT2D eigenvalue weighted by Gasteiger charge is 2.24. The molecule has 0 spiro atoms. The molecule has 1 N–H and O–H groups in total. The van der Waals surface area contributed by atoms with Gasteiger partial charge in [-0.2, -0.15) is 0 Å². The van der Waals surface area contributed by atoms with E-state index >= 15 is 0 Å². The molecular weight excluding hydrogens is 236 g/mol. The summed E-state index contributed by atoms with van der Waals surface area (Å²) < 4.78 is 34.7. The average Bonchev–Trinajstić information content (AvgIpc) is 2.30. The molecule has 0 amide bonds. The SMILES string of the molecule is COC(=O)Cc1ncc(O)c(OC)c1C(F)F. The number of pyridine rings is 1. The van der Waals surface area contributed by atoms with Crippen LogP contribution in [0.5, 0.6) is 11.5 Å². The number of ether oxygens (including phenoxy) is 2. The Kier molecular flexibility index (Phi) is 4.19. The van der Waals surface area contributed by atoms with Gasteiger partial charge in [-0.3, -0.25) is 9.78 Å². The predicted molar refractivity (Wildman–Crippen MR) is 53.1 cm³/mol. The fraction of sp³-hybridized carbons (Fsp3) is 0.400. The highest BCUT2D eigenvalue weighted by Crippen LogP contribution is 2.37. The number of halogens is 2. The summed E-state index contributed by atoms with van der Waals surface area (Å²) in [4.78, 5) is 14.6. The number of esters is 1. The predicted octanol–water partition coefficient (Wildman–Crippen LogP) is 1.45. The second-order valence-electron chi connectivity index (χ2n) is 3.09. The highest BCUT2D eigenvalue weighted by atomic mass is 19.3. The number of nitrogens with zero attached hydrogens (tertiary/aromatic N) is 1. The number of aromatic nitrogens is 1. The van der Waals surface area contributed by atoms with Crippen LogP contribution in [0, 0.1) is 0 Å². The van der Waals surface area contributed by atoms with E-state index in [9.17, 15) is 18.7 Å². The summed E-state index contributed by atoms with van der Waals surface area (Å²) in [6.45, 7) is 0. The van der Waals surface area contributed by atoms with Crippen LogP contribution in [0.4, 0.5) is 8.78 Å². The van der Waals surface area contributed by atoms with Crippen molar-refractivity contribution in [1.82, 2.24) is 4.98 Å². The van der Waals surface area contributed by atoms with E-state index in [1.54, 1.807) is 0 Å². The summed E-state index contributed by atoms with van der Waals surface area (Å²) in [5.74, 6) is -1.59. The maximum atomic E-state index is 12.8. The lowest BCUT2D eigenvalue weighted by Gasteiger charge is -2.12. The molecule has 0 saturated heterocycles. The molecule has 7 heteroatoms. The number of hydrogen-bond donors (Lipinski definition) is 1. The molecule has 1 heterocycles. The van der Waals surface area contributed by atoms with Gasteiger partial charge in [0.25, 0.3) is 6.43 Å². The van der Waals surface area contributed by atoms with Gasteiger partial charge in [0.2, 0.25) is 0 Å². The first-order chi connectivity index (χ1) is 8.01. The Morgan fingerprint density at radius 2 is 2.18 bits per heavy atom. The molecule has 0 radical (unpaired) electrons. The summed E-state index contributed by atoms with van der Waals surface area (Å²) in [5.41, 5.74) is -0.778. The molecule has 1 aromatic heterocycles. The number of rotatable bonds is 4. The monoisotopic (exact) mass is 247 g/mol. The van der Waals surface area contributed by atoms with Gasteiger partial charge in [0.05, 0.1) is 38.1 Å². The van der Waals surface area contributed by atoms with Crippen molar-refractivity contribution in [3.8, 4) is 11.5 Å². The minimum absolute atomic E-state index is 0.179. The molecule has 0 fully saturated rings. The third kappa shape index (κ3) is 2.80. The fourth-order valence-electron chi connectivity index (χ4n) is 1.33. The molecule has 0 unspecified atom stereocenters. The molecule has 0 aliphatic rings. The van der Waals surface area contributed by atoms with Crippen LogP contribution in [0.1, 0.15) is 17.7 Å². The second kappa shape index (κ2) is 5.42. The maximum Gasteiger partial charge on any atom is 0.311 e. The Hall–Kier alpha value is -1.92. The van der Waals surface area contributed by atoms with Crippen molar-refractivity contribution < 1.29 is 28.2 Å². The van der Waals surface area contributed by atoms with Gasteiger partial charge in [0.15, 0.2) is 11.5 Å². The Balaban J connectivity index is 3.25. The first-order valence-electron chi connectivity index (χ1n) is 4.61. The molecule has 1 aromatic rings. The van der Waals surface area contributed by atoms with Gasteiger partial charge in [-0.1, -0.05) is 0 Å². The molecule has 0 aliphatic heterocycles. The van der Waals surface area contributed by atoms with Crippen molar-refractivity contribution in [3.05, 3.63) is 17.5 Å². The van der Waals surface area contributed by atoms with Crippen molar-refractivity contribution >= 4 is 5.97 Å². The summed E-state index contributed by atoms with van der Waals surface area (Å²) in [6, 6.07) is 0. The molecule has 0 aromatic carbocycles. The highest BCUT2D eigenvalue weighted by molar-refractivity contribution is 5.72. The standard InChI is InChI=1S/C10H11F2NO4/c1-16-7(15)3-5-8(10(11)12)9(17-2)6(14)4-13-5/h4,10,14H,3H2,1-2H3. The Morgan fingerprint density at radius 1 is 1.53 bits per heavy atom. The summed E-state index contributed by atoms with van der Waals surface area (Å²) in [6.07, 6.45) is -2.38. The fourth-order valence-corrected chi connectivity index (χ4v) is 1.33. The van der Waals surface area contributed by atoms with Crippen LogP contribution < -0.4 is 4.74 Å². The van der Waals surface area contributed by atoms with Crippen LogP contribution in [-0.4, -0.2) is 30.3 Å². The van der Waals surface area contributed by atoms with Crippen LogP contribution in [-0.2, 0) is 16.0 Å². The number of aromatic hydroxyl groups is 1. The minimum Gasteiger partial charge on any atom is -0.503 e. The zero-order valence-corrected chi connectivity index (χ0v) is 9.24. The summed E-state index contributed by atoms with van der Waals surface area (Å²) in [7, 11) is 2.28. The van der Waals surface area contributed by atoms with Crippen molar-refractivity contribution in [3.63, 3.8) is 0 Å². The molecule has 0 aliphatic carbocycles. The lowest BCUT2D eigenvalue weighted by Crippen LogP contribution is -2.10. The van der Waals surface area contributed by atoms with Crippen LogP contribution in [0.25, 0.3) is 0 Å². The zero-order chi connectivity index (χ0) is 13.0. The number of carbonyl (C=O) groups excluding carboxylic acids is 1. The van der Waals surface area contributed by atoms with E-state index in [-0.39, 0.29) is 11.4 Å². The van der Waals surface area contributed by atoms with Crippen molar-refractivity contribution in [2.24, 2.45) is 0 Å². The maximum absolute atomic E-state index is 12.8. The lowest BCUT2D eigenvalue weighted by atomic mass is 10.1. The average molecular weight is 247 g/mol. The topological polar surface area (TPSA) is 68.7 Å². The molecule has 1 rings (SSSR count). The van der Waals surface area contributed by atoms with Gasteiger partial charge in [-0.25, -0.2) is 8.78 Å². The smallest absolute Gasteiger partial charge is 0.311 e. The first kappa shape index (κ1) is 13.1. The van der Waals surface area contributed by atoms with Gasteiger partial charge in [0.1, 0.15) is 0 Å². The molecule has 94 valence electrons. The normalized spacial score (nSPS) is 10.4. The largest absolute Gasteiger partial charge is 0.503 e. The zero-order valence-electron chi connectivity index (χ0n) is 9.24. The lowest BCUT2D eigenvalue weighted by molar-refractivity contribution is -0.139. The van der Waals surface area contributed by atoms with E-state index in [4.69, 9.17) is 0 Å². The minimum atomic E-state index is -2.91. The number of carbonyl (C=O) groups is 1. The van der Waals surface area contributed by atoms with Crippen LogP contribution in [0.2, 0.25) is 0 Å². The van der Waals surface area contributed by atoms with E-state index in [0.717, 1.165) is 20.4 Å². The number of alkyl halides is 2. The van der Waals surface area contributed by atoms with Crippen molar-refractivity contribution in [1.29, 1.82) is 0 Å². The molecule has 0 saturated carbocycles. The third-order valence-electron chi connectivity index (χ3n) is 2.09. The van der Waals surface area contributed by atoms with E-state index in [0.29, 0.717) is 0 Å². The van der Waals surface area contributed by atoms with Gasteiger partial charge in [-0.15, -0.1) is 0 Å². The third-order valence-corrected chi connectivity index (χ3v) is 2.09. The van der Waals surface area contributed by atoms with Gasteiger partial charge in [0, 0.05) is 0 Å². The molecule has 0 atom stereocenters. The van der Waals surface area contributed by atoms with Crippen molar-refractivity contribution in [2.75, 3.05) is 14.2 Å². The van der Waals surface area contributed by atoms with Gasteiger partial charge in [-0.05, 0) is 0 Å². The van der Waals surface area contributed by atoms with Crippen LogP contribution in [0.3, 0.4) is 0 Å². The Morgan fingerprint density at radius 3 is 2.65 bits per heavy atom. The van der Waals surface area contributed by atoms with Crippen LogP contribution in [0.15, 0.2) is 6.20 Å². The molecule has 17 heavy (non-hydrogen) atoms. The van der Waals surface area contributed by atoms with Crippen molar-refractivity contribution in [2.45, 2.75) is 12.8 Å². The van der Waals surface area contributed by atoms with E-state index in [1.807, 2.05) is 0 Å². The van der Waals surface area contributed by atoms with E-state index in [2.05, 4.69) is 14.5 Å². The number of methoxy groups -OCH3 is 2. The molecule has 5 nitrogen and oxygen atoms in total. The van der Waals surface area contributed by atoms with E-state index < -0.39 is 30.1 Å². The van der Waals surface area contributed by atoms with E-state index in [1.165, 1.54) is 0 Å². The molecule has 0 bridgehead atoms. The first-order valence-corrected chi connectivity index (χ1v) is 4.61. The summed E-state index contributed by atoms with van der Waals surface area (Å²) >= 11 is 0.